The van der Waals surface area contributed by atoms with Gasteiger partial charge < -0.3 is 9.84 Å². The number of amidine groups is 1. The molecular formula is C24H23ClN3O2+. The van der Waals surface area contributed by atoms with Gasteiger partial charge in [0.15, 0.2) is 11.8 Å². The molecule has 0 spiro atoms. The van der Waals surface area contributed by atoms with E-state index in [0.717, 1.165) is 34.1 Å². The van der Waals surface area contributed by atoms with Crippen LogP contribution in [0.3, 0.4) is 0 Å². The first kappa shape index (κ1) is 19.2. The van der Waals surface area contributed by atoms with Crippen molar-refractivity contribution in [3.8, 4) is 5.75 Å². The molecule has 1 saturated carbocycles. The molecule has 5 nitrogen and oxygen atoms in total. The fourth-order valence-corrected chi connectivity index (χ4v) is 4.60. The van der Waals surface area contributed by atoms with E-state index < -0.39 is 5.60 Å². The van der Waals surface area contributed by atoms with Crippen LogP contribution in [0.4, 0.5) is 0 Å². The number of fused-ring (bicyclic) bond motifs is 1. The predicted octanol–water partition coefficient (Wildman–Crippen LogP) is 4.92. The molecule has 2 aliphatic heterocycles. The van der Waals surface area contributed by atoms with Crippen molar-refractivity contribution in [3.63, 3.8) is 0 Å². The third-order valence-electron chi connectivity index (χ3n) is 5.80. The zero-order valence-electron chi connectivity index (χ0n) is 16.7. The van der Waals surface area contributed by atoms with Crippen LogP contribution in [-0.2, 0) is 6.61 Å². The summed E-state index contributed by atoms with van der Waals surface area (Å²) in [7, 11) is 0. The Kier molecular flexibility index (Phi) is 4.62. The minimum atomic E-state index is -0.634. The number of allylic oxidation sites excluding steroid dienone is 2. The van der Waals surface area contributed by atoms with E-state index in [0.29, 0.717) is 19.4 Å². The summed E-state index contributed by atoms with van der Waals surface area (Å²) in [5.74, 6) is 1.67. The second kappa shape index (κ2) is 7.20. The van der Waals surface area contributed by atoms with E-state index in [1.165, 1.54) is 0 Å². The van der Waals surface area contributed by atoms with Crippen LogP contribution < -0.4 is 4.74 Å². The van der Waals surface area contributed by atoms with Gasteiger partial charge in [0.2, 0.25) is 5.70 Å². The third-order valence-corrected chi connectivity index (χ3v) is 6.26. The van der Waals surface area contributed by atoms with Gasteiger partial charge in [0.05, 0.1) is 23.6 Å². The largest absolute Gasteiger partial charge is 0.489 e. The summed E-state index contributed by atoms with van der Waals surface area (Å²) in [6.07, 6.45) is 6.66. The topological polar surface area (TPSA) is 54.2 Å². The number of aliphatic imine (C=N–C) groups is 2. The Morgan fingerprint density at radius 3 is 2.73 bits per heavy atom. The Morgan fingerprint density at radius 1 is 1.17 bits per heavy atom. The average molecular weight is 421 g/mol. The number of rotatable bonds is 5. The molecule has 1 N–H and O–H groups in total. The van der Waals surface area contributed by atoms with E-state index in [4.69, 9.17) is 21.5 Å². The number of nitrogens with zero attached hydrogens (tertiary/aromatic N) is 3. The van der Waals surface area contributed by atoms with Crippen molar-refractivity contribution >= 4 is 23.8 Å². The third kappa shape index (κ3) is 3.39. The highest BCUT2D eigenvalue weighted by Gasteiger charge is 2.51. The highest BCUT2D eigenvalue weighted by atomic mass is 35.5. The summed E-state index contributed by atoms with van der Waals surface area (Å²) >= 11 is 7.06. The van der Waals surface area contributed by atoms with Crippen molar-refractivity contribution in [2.45, 2.75) is 32.0 Å². The van der Waals surface area contributed by atoms with Gasteiger partial charge in [0, 0.05) is 5.92 Å². The van der Waals surface area contributed by atoms with Crippen molar-refractivity contribution in [2.24, 2.45) is 15.9 Å². The molecule has 2 aromatic rings. The maximum absolute atomic E-state index is 10.2. The average Bonchev–Trinajstić information content (AvgIpc) is 3.04. The number of aliphatic hydroxyl groups is 1. The standard InChI is InChI=1S/C24H23ClN3O2/c1-24(29)13-19(14-24)22-21-15-26-10-11-28(21,25)23(27-22)18-8-5-9-20(12-18)30-16-17-6-3-2-4-7-17/h2-12,15,19,29H,13-14,16H2,1H3/q+1. The van der Waals surface area contributed by atoms with Gasteiger partial charge in [0.1, 0.15) is 24.3 Å². The summed E-state index contributed by atoms with van der Waals surface area (Å²) in [5.41, 5.74) is 3.14. The number of ether oxygens (including phenoxy) is 1. The van der Waals surface area contributed by atoms with Gasteiger partial charge in [-0.25, -0.2) is 0 Å². The minimum Gasteiger partial charge on any atom is -0.489 e. The monoisotopic (exact) mass is 420 g/mol. The summed E-state index contributed by atoms with van der Waals surface area (Å²) in [5, 5.41) is 10.2. The molecule has 152 valence electrons. The quantitative estimate of drug-likeness (QED) is 0.697. The highest BCUT2D eigenvalue weighted by molar-refractivity contribution is 6.20. The summed E-state index contributed by atoms with van der Waals surface area (Å²) in [6.45, 7) is 2.36. The minimum absolute atomic E-state index is 0.0420. The number of quaternary nitrogens is 1. The number of halogens is 1. The molecule has 1 fully saturated rings. The van der Waals surface area contributed by atoms with Crippen molar-refractivity contribution in [1.29, 1.82) is 0 Å². The van der Waals surface area contributed by atoms with Crippen molar-refractivity contribution in [2.75, 3.05) is 0 Å². The highest BCUT2D eigenvalue weighted by Crippen LogP contribution is 2.48. The van der Waals surface area contributed by atoms with Crippen molar-refractivity contribution in [1.82, 2.24) is 0 Å². The Labute approximate surface area is 181 Å². The maximum atomic E-state index is 10.2. The Bertz CT molecular complexity index is 1100. The molecule has 2 aromatic carbocycles. The van der Waals surface area contributed by atoms with Gasteiger partial charge in [0.25, 0.3) is 5.84 Å². The van der Waals surface area contributed by atoms with Gasteiger partial charge in [-0.2, -0.15) is 4.99 Å². The molecule has 3 aliphatic rings. The molecule has 0 amide bonds. The van der Waals surface area contributed by atoms with Crippen LogP contribution in [0.25, 0.3) is 0 Å². The molecule has 0 aromatic heterocycles. The Morgan fingerprint density at radius 2 is 1.97 bits per heavy atom. The van der Waals surface area contributed by atoms with Crippen LogP contribution in [0.5, 0.6) is 5.75 Å². The zero-order chi connectivity index (χ0) is 20.8. The number of benzene rings is 2. The van der Waals surface area contributed by atoms with E-state index in [-0.39, 0.29) is 9.92 Å². The molecule has 2 heterocycles. The molecule has 1 unspecified atom stereocenters. The smallest absolute Gasteiger partial charge is 0.263 e. The van der Waals surface area contributed by atoms with Crippen LogP contribution in [0.15, 0.2) is 88.4 Å². The summed E-state index contributed by atoms with van der Waals surface area (Å²) in [6, 6.07) is 17.9. The van der Waals surface area contributed by atoms with E-state index in [1.54, 1.807) is 12.4 Å². The van der Waals surface area contributed by atoms with Crippen LogP contribution in [0.1, 0.15) is 30.9 Å². The molecule has 0 bridgehead atoms. The van der Waals surface area contributed by atoms with Crippen LogP contribution in [-0.4, -0.2) is 26.8 Å². The van der Waals surface area contributed by atoms with E-state index in [1.807, 2.05) is 67.7 Å². The van der Waals surface area contributed by atoms with E-state index in [2.05, 4.69) is 4.99 Å². The van der Waals surface area contributed by atoms with Gasteiger partial charge >= 0.3 is 0 Å². The van der Waals surface area contributed by atoms with Gasteiger partial charge in [-0.1, -0.05) is 36.4 Å². The molecule has 1 atom stereocenters. The molecule has 0 saturated heterocycles. The molecule has 5 rings (SSSR count). The second-order valence-corrected chi connectivity index (χ2v) is 8.86. The number of hydrogen-bond donors (Lipinski definition) is 1. The normalized spacial score (nSPS) is 29.4. The first-order chi connectivity index (χ1) is 14.4. The lowest BCUT2D eigenvalue weighted by atomic mass is 9.70. The molecular weight excluding hydrogens is 398 g/mol. The summed E-state index contributed by atoms with van der Waals surface area (Å²) < 4.78 is 5.96. The second-order valence-electron chi connectivity index (χ2n) is 8.32. The van der Waals surface area contributed by atoms with Crippen LogP contribution >= 0.6 is 11.8 Å². The SMILES string of the molecule is CC1(O)CC(C2=C3C=NC=C[N+]3(Cl)C(c3cccc(OCc4ccccc4)c3)=N2)C1. The zero-order valence-corrected chi connectivity index (χ0v) is 17.5. The maximum Gasteiger partial charge on any atom is 0.263 e. The molecule has 30 heavy (non-hydrogen) atoms. The first-order valence-electron chi connectivity index (χ1n) is 10.1. The van der Waals surface area contributed by atoms with Crippen molar-refractivity contribution < 1.29 is 13.8 Å². The molecule has 6 heteroatoms. The predicted molar refractivity (Wildman–Crippen MR) is 118 cm³/mol. The van der Waals surface area contributed by atoms with Gasteiger partial charge in [-0.05, 0) is 43.5 Å². The first-order valence-corrected chi connectivity index (χ1v) is 10.4. The van der Waals surface area contributed by atoms with E-state index >= 15 is 0 Å². The van der Waals surface area contributed by atoms with Crippen molar-refractivity contribution in [3.05, 3.63) is 89.5 Å². The number of hydrogen-bond acceptors (Lipinski definition) is 4. The molecule has 1 aliphatic carbocycles. The lowest BCUT2D eigenvalue weighted by Gasteiger charge is -2.40. The van der Waals surface area contributed by atoms with Gasteiger partial charge in [-0.3, -0.25) is 4.99 Å². The van der Waals surface area contributed by atoms with E-state index in [9.17, 15) is 5.11 Å². The lowest BCUT2D eigenvalue weighted by molar-refractivity contribution is -0.600. The summed E-state index contributed by atoms with van der Waals surface area (Å²) in [4.78, 5) is 9.23. The van der Waals surface area contributed by atoms with Crippen LogP contribution in [0, 0.1) is 5.92 Å². The van der Waals surface area contributed by atoms with Gasteiger partial charge in [-0.15, -0.1) is 4.00 Å². The lowest BCUT2D eigenvalue weighted by Crippen LogP contribution is -2.42. The fraction of sp³-hybridized carbons (Fsp3) is 0.250. The Balaban J connectivity index is 1.44. The fourth-order valence-electron chi connectivity index (χ4n) is 4.28. The van der Waals surface area contributed by atoms with Crippen LogP contribution in [0.2, 0.25) is 0 Å². The Hall–Kier alpha value is -2.73. The molecule has 0 radical (unpaired) electrons.